The lowest BCUT2D eigenvalue weighted by Crippen LogP contribution is -2.31. The van der Waals surface area contributed by atoms with E-state index in [4.69, 9.17) is 16.3 Å². The molecule has 1 aromatic heterocycles. The monoisotopic (exact) mass is 351 g/mol. The van der Waals surface area contributed by atoms with E-state index in [0.29, 0.717) is 11.4 Å². The third-order valence-corrected chi connectivity index (χ3v) is 4.42. The number of amides is 1. The van der Waals surface area contributed by atoms with E-state index >= 15 is 0 Å². The number of thiophene rings is 1. The van der Waals surface area contributed by atoms with E-state index in [2.05, 4.69) is 5.32 Å². The Balaban J connectivity index is 1.71. The average Bonchev–Trinajstić information content (AvgIpc) is 3.04. The van der Waals surface area contributed by atoms with Crippen LogP contribution in [0.2, 0.25) is 5.02 Å². The Morgan fingerprint density at radius 1 is 1.30 bits per heavy atom. The summed E-state index contributed by atoms with van der Waals surface area (Å²) < 4.78 is 4.99. The van der Waals surface area contributed by atoms with Crippen molar-refractivity contribution < 1.29 is 14.3 Å². The number of carbonyl (C=O) groups is 2. The zero-order valence-corrected chi connectivity index (χ0v) is 14.3. The van der Waals surface area contributed by atoms with Gasteiger partial charge in [0.15, 0.2) is 6.61 Å². The molecule has 6 heteroatoms. The van der Waals surface area contributed by atoms with Gasteiger partial charge in [0.05, 0.1) is 12.5 Å². The Labute approximate surface area is 144 Å². The van der Waals surface area contributed by atoms with Gasteiger partial charge in [-0.1, -0.05) is 29.8 Å². The van der Waals surface area contributed by atoms with Crippen molar-refractivity contribution in [3.8, 4) is 0 Å². The molecule has 0 bridgehead atoms. The third-order valence-electron chi connectivity index (χ3n) is 3.25. The highest BCUT2D eigenvalue weighted by Gasteiger charge is 2.12. The summed E-state index contributed by atoms with van der Waals surface area (Å²) in [4.78, 5) is 24.6. The van der Waals surface area contributed by atoms with Gasteiger partial charge in [-0.2, -0.15) is 0 Å². The van der Waals surface area contributed by atoms with Crippen molar-refractivity contribution >= 4 is 34.8 Å². The third kappa shape index (κ3) is 6.04. The topological polar surface area (TPSA) is 55.4 Å². The predicted octanol–water partition coefficient (Wildman–Crippen LogP) is 3.75. The van der Waals surface area contributed by atoms with Crippen LogP contribution in [0.5, 0.6) is 0 Å². The van der Waals surface area contributed by atoms with Gasteiger partial charge in [-0.3, -0.25) is 9.59 Å². The molecule has 2 aromatic rings. The number of hydrogen-bond donors (Lipinski definition) is 1. The van der Waals surface area contributed by atoms with Gasteiger partial charge >= 0.3 is 5.97 Å². The molecular weight excluding hydrogens is 334 g/mol. The van der Waals surface area contributed by atoms with Crippen LogP contribution in [0.3, 0.4) is 0 Å². The highest BCUT2D eigenvalue weighted by Crippen LogP contribution is 2.17. The molecule has 0 spiro atoms. The van der Waals surface area contributed by atoms with Crippen molar-refractivity contribution in [2.45, 2.75) is 25.8 Å². The lowest BCUT2D eigenvalue weighted by molar-refractivity contribution is -0.148. The molecule has 0 aliphatic rings. The number of nitrogens with one attached hydrogen (secondary N) is 1. The SMILES string of the molecule is C[C@@H](NC(=O)COC(=O)CCc1cccs1)c1cccc(Cl)c1. The zero-order chi connectivity index (χ0) is 16.7. The minimum absolute atomic E-state index is 0.203. The summed E-state index contributed by atoms with van der Waals surface area (Å²) in [5, 5.41) is 5.35. The molecule has 1 amide bonds. The van der Waals surface area contributed by atoms with Crippen LogP contribution in [-0.4, -0.2) is 18.5 Å². The Morgan fingerprint density at radius 3 is 2.83 bits per heavy atom. The first-order chi connectivity index (χ1) is 11.0. The van der Waals surface area contributed by atoms with E-state index in [1.807, 2.05) is 36.6 Å². The van der Waals surface area contributed by atoms with Crippen molar-refractivity contribution in [2.75, 3.05) is 6.61 Å². The molecule has 0 aliphatic heterocycles. The summed E-state index contributed by atoms with van der Waals surface area (Å²) >= 11 is 7.52. The van der Waals surface area contributed by atoms with Crippen molar-refractivity contribution in [3.05, 3.63) is 57.2 Å². The van der Waals surface area contributed by atoms with E-state index in [1.54, 1.807) is 23.5 Å². The first kappa shape index (κ1) is 17.5. The van der Waals surface area contributed by atoms with Crippen LogP contribution in [0.25, 0.3) is 0 Å². The number of hydrogen-bond acceptors (Lipinski definition) is 4. The number of ether oxygens (including phenoxy) is 1. The Hall–Kier alpha value is -1.85. The second-order valence-electron chi connectivity index (χ2n) is 5.08. The van der Waals surface area contributed by atoms with E-state index in [9.17, 15) is 9.59 Å². The highest BCUT2D eigenvalue weighted by atomic mass is 35.5. The maximum Gasteiger partial charge on any atom is 0.306 e. The molecule has 1 N–H and O–H groups in total. The van der Waals surface area contributed by atoms with Crippen molar-refractivity contribution in [1.29, 1.82) is 0 Å². The van der Waals surface area contributed by atoms with Gasteiger partial charge < -0.3 is 10.1 Å². The maximum atomic E-state index is 11.8. The summed E-state index contributed by atoms with van der Waals surface area (Å²) in [6.07, 6.45) is 0.911. The van der Waals surface area contributed by atoms with Crippen LogP contribution in [0.4, 0.5) is 0 Å². The lowest BCUT2D eigenvalue weighted by atomic mass is 10.1. The van der Waals surface area contributed by atoms with Crippen LogP contribution < -0.4 is 5.32 Å². The first-order valence-electron chi connectivity index (χ1n) is 7.27. The van der Waals surface area contributed by atoms with Gasteiger partial charge in [-0.05, 0) is 42.5 Å². The maximum absolute atomic E-state index is 11.8. The van der Waals surface area contributed by atoms with Crippen LogP contribution in [0, 0.1) is 0 Å². The molecule has 1 heterocycles. The minimum Gasteiger partial charge on any atom is -0.456 e. The van der Waals surface area contributed by atoms with E-state index in [-0.39, 0.29) is 30.9 Å². The van der Waals surface area contributed by atoms with Crippen molar-refractivity contribution in [1.82, 2.24) is 5.32 Å². The van der Waals surface area contributed by atoms with E-state index in [1.165, 1.54) is 0 Å². The highest BCUT2D eigenvalue weighted by molar-refractivity contribution is 7.09. The van der Waals surface area contributed by atoms with Gasteiger partial charge in [0, 0.05) is 9.90 Å². The summed E-state index contributed by atoms with van der Waals surface area (Å²) in [6, 6.07) is 11.0. The molecule has 0 fully saturated rings. The zero-order valence-electron chi connectivity index (χ0n) is 12.8. The molecule has 0 unspecified atom stereocenters. The second-order valence-corrected chi connectivity index (χ2v) is 6.55. The molecule has 122 valence electrons. The van der Waals surface area contributed by atoms with Crippen molar-refractivity contribution in [2.24, 2.45) is 0 Å². The first-order valence-corrected chi connectivity index (χ1v) is 8.53. The number of rotatable bonds is 7. The number of benzene rings is 1. The number of halogens is 1. The van der Waals surface area contributed by atoms with E-state index < -0.39 is 0 Å². The normalized spacial score (nSPS) is 11.7. The molecule has 0 saturated heterocycles. The van der Waals surface area contributed by atoms with Crippen LogP contribution in [-0.2, 0) is 20.7 Å². The number of esters is 1. The minimum atomic E-state index is -0.371. The van der Waals surface area contributed by atoms with E-state index in [0.717, 1.165) is 10.4 Å². The van der Waals surface area contributed by atoms with Crippen LogP contribution in [0.15, 0.2) is 41.8 Å². The molecule has 23 heavy (non-hydrogen) atoms. The second kappa shape index (κ2) is 8.70. The fourth-order valence-corrected chi connectivity index (χ4v) is 2.95. The summed E-state index contributed by atoms with van der Waals surface area (Å²) in [5.41, 5.74) is 0.898. The number of carbonyl (C=O) groups excluding carboxylic acids is 2. The molecule has 1 atom stereocenters. The van der Waals surface area contributed by atoms with Crippen molar-refractivity contribution in [3.63, 3.8) is 0 Å². The average molecular weight is 352 g/mol. The molecule has 1 aromatic carbocycles. The Kier molecular flexibility index (Phi) is 6.62. The van der Waals surface area contributed by atoms with Crippen LogP contribution in [0.1, 0.15) is 29.8 Å². The molecule has 0 saturated carbocycles. The molecule has 0 aliphatic carbocycles. The smallest absolute Gasteiger partial charge is 0.306 e. The summed E-state index contributed by atoms with van der Waals surface area (Å²) in [7, 11) is 0. The molecular formula is C17H18ClNO3S. The predicted molar refractivity (Wildman–Crippen MR) is 91.6 cm³/mol. The van der Waals surface area contributed by atoms with Gasteiger partial charge in [0.1, 0.15) is 0 Å². The standard InChI is InChI=1S/C17H18ClNO3S/c1-12(13-4-2-5-14(18)10-13)19-16(20)11-22-17(21)8-7-15-6-3-9-23-15/h2-6,9-10,12H,7-8,11H2,1H3,(H,19,20)/t12-/m1/s1. The van der Waals surface area contributed by atoms with Gasteiger partial charge in [-0.25, -0.2) is 0 Å². The Morgan fingerprint density at radius 2 is 2.13 bits per heavy atom. The summed E-state index contributed by atoms with van der Waals surface area (Å²) in [5.74, 6) is -0.703. The van der Waals surface area contributed by atoms with Gasteiger partial charge in [0.25, 0.3) is 5.91 Å². The van der Waals surface area contributed by atoms with Gasteiger partial charge in [-0.15, -0.1) is 11.3 Å². The fraction of sp³-hybridized carbons (Fsp3) is 0.294. The Bertz CT molecular complexity index is 658. The quantitative estimate of drug-likeness (QED) is 0.773. The van der Waals surface area contributed by atoms with Gasteiger partial charge in [0.2, 0.25) is 0 Å². The van der Waals surface area contributed by atoms with Crippen LogP contribution >= 0.6 is 22.9 Å². The fourth-order valence-electron chi connectivity index (χ4n) is 2.04. The number of aryl methyl sites for hydroxylation is 1. The lowest BCUT2D eigenvalue weighted by Gasteiger charge is -2.14. The molecule has 2 rings (SSSR count). The summed E-state index contributed by atoms with van der Waals surface area (Å²) in [6.45, 7) is 1.58. The largest absolute Gasteiger partial charge is 0.456 e. The molecule has 4 nitrogen and oxygen atoms in total. The molecule has 0 radical (unpaired) electrons.